The third kappa shape index (κ3) is 2.71. The van der Waals surface area contributed by atoms with Crippen LogP contribution in [-0.4, -0.2) is 0 Å². The lowest BCUT2D eigenvalue weighted by Crippen LogP contribution is -1.88. The van der Waals surface area contributed by atoms with E-state index in [2.05, 4.69) is 64.7 Å². The van der Waals surface area contributed by atoms with Gasteiger partial charge in [-0.05, 0) is 28.4 Å². The molecule has 0 heterocycles. The number of hydrogen-bond acceptors (Lipinski definition) is 0. The van der Waals surface area contributed by atoms with Gasteiger partial charge in [0.15, 0.2) is 0 Å². The molecule has 0 amide bonds. The van der Waals surface area contributed by atoms with Crippen LogP contribution >= 0.6 is 9.24 Å². The number of aryl methyl sites for hydroxylation is 1. The largest absolute Gasteiger partial charge is 0.106 e. The minimum atomic E-state index is 1.17. The third-order valence-electron chi connectivity index (χ3n) is 2.74. The fourth-order valence-corrected chi connectivity index (χ4v) is 2.02. The van der Waals surface area contributed by atoms with Gasteiger partial charge in [0.25, 0.3) is 0 Å². The molecule has 0 radical (unpaired) electrons. The van der Waals surface area contributed by atoms with Crippen molar-refractivity contribution in [1.29, 1.82) is 0 Å². The minimum Gasteiger partial charge on any atom is -0.106 e. The molecule has 0 spiro atoms. The van der Waals surface area contributed by atoms with Gasteiger partial charge in [0.2, 0.25) is 0 Å². The molecule has 0 N–H and O–H groups in total. The van der Waals surface area contributed by atoms with Gasteiger partial charge in [0, 0.05) is 0 Å². The monoisotopic (exact) mass is 228 g/mol. The van der Waals surface area contributed by atoms with E-state index < -0.39 is 0 Å². The molecule has 0 saturated carbocycles. The molecule has 0 bridgehead atoms. The minimum absolute atomic E-state index is 1.17. The summed E-state index contributed by atoms with van der Waals surface area (Å²) in [6, 6.07) is 17.5. The molecule has 2 aromatic carbocycles. The van der Waals surface area contributed by atoms with Gasteiger partial charge in [-0.15, -0.1) is 9.24 Å². The van der Waals surface area contributed by atoms with E-state index in [9.17, 15) is 0 Å². The van der Waals surface area contributed by atoms with Crippen molar-refractivity contribution in [2.45, 2.75) is 19.8 Å². The predicted molar refractivity (Wildman–Crippen MR) is 75.2 cm³/mol. The summed E-state index contributed by atoms with van der Waals surface area (Å²) < 4.78 is 0. The zero-order valence-electron chi connectivity index (χ0n) is 9.61. The van der Waals surface area contributed by atoms with Crippen LogP contribution in [0.15, 0.2) is 48.5 Å². The highest BCUT2D eigenvalue weighted by atomic mass is 31.0. The van der Waals surface area contributed by atoms with E-state index in [1.54, 1.807) is 0 Å². The lowest BCUT2D eigenvalue weighted by Gasteiger charge is -2.04. The summed E-state index contributed by atoms with van der Waals surface area (Å²) in [5.41, 5.74) is 4.01. The Morgan fingerprint density at radius 3 is 1.81 bits per heavy atom. The Morgan fingerprint density at radius 1 is 0.812 bits per heavy atom. The second-order valence-corrected chi connectivity index (χ2v) is 4.74. The molecule has 0 aliphatic rings. The smallest absolute Gasteiger partial charge is 0.0184 e. The van der Waals surface area contributed by atoms with Gasteiger partial charge in [-0.3, -0.25) is 0 Å². The quantitative estimate of drug-likeness (QED) is 0.701. The Bertz CT molecular complexity index is 440. The van der Waals surface area contributed by atoms with E-state index in [0.29, 0.717) is 0 Å². The summed E-state index contributed by atoms with van der Waals surface area (Å²) in [5.74, 6) is 0. The second kappa shape index (κ2) is 5.27. The van der Waals surface area contributed by atoms with E-state index in [1.165, 1.54) is 34.8 Å². The highest BCUT2D eigenvalue weighted by Gasteiger charge is 1.97. The van der Waals surface area contributed by atoms with Crippen molar-refractivity contribution in [3.63, 3.8) is 0 Å². The van der Waals surface area contributed by atoms with Gasteiger partial charge >= 0.3 is 0 Å². The normalized spacial score (nSPS) is 10.4. The molecule has 2 aromatic rings. The maximum Gasteiger partial charge on any atom is -0.0184 e. The maximum atomic E-state index is 2.71. The molecule has 0 aliphatic heterocycles. The highest BCUT2D eigenvalue weighted by molar-refractivity contribution is 7.27. The molecule has 2 rings (SSSR count). The number of benzene rings is 2. The maximum absolute atomic E-state index is 2.71. The first-order chi connectivity index (χ1) is 7.79. The van der Waals surface area contributed by atoms with Crippen LogP contribution in [0.4, 0.5) is 0 Å². The van der Waals surface area contributed by atoms with Crippen molar-refractivity contribution < 1.29 is 0 Å². The van der Waals surface area contributed by atoms with Crippen LogP contribution in [0.25, 0.3) is 11.1 Å². The van der Waals surface area contributed by atoms with E-state index in [-0.39, 0.29) is 0 Å². The Labute approximate surface area is 99.9 Å². The van der Waals surface area contributed by atoms with E-state index in [0.717, 1.165) is 0 Å². The van der Waals surface area contributed by atoms with Crippen molar-refractivity contribution in [2.24, 2.45) is 0 Å². The summed E-state index contributed by atoms with van der Waals surface area (Å²) in [6.45, 7) is 2.21. The van der Waals surface area contributed by atoms with Gasteiger partial charge in [-0.2, -0.15) is 0 Å². The Morgan fingerprint density at radius 2 is 1.31 bits per heavy atom. The molecular formula is C15H17P. The Balaban J connectivity index is 2.24. The lowest BCUT2D eigenvalue weighted by molar-refractivity contribution is 0.922. The molecule has 1 unspecified atom stereocenters. The van der Waals surface area contributed by atoms with Crippen molar-refractivity contribution >= 4 is 14.5 Å². The zero-order chi connectivity index (χ0) is 11.4. The zero-order valence-corrected chi connectivity index (χ0v) is 10.8. The Kier molecular flexibility index (Phi) is 3.74. The average Bonchev–Trinajstić information content (AvgIpc) is 2.32. The van der Waals surface area contributed by atoms with E-state index in [4.69, 9.17) is 0 Å². The van der Waals surface area contributed by atoms with Crippen LogP contribution in [0.1, 0.15) is 18.9 Å². The SMILES string of the molecule is CCCc1ccc(-c2ccc(P)cc2)cc1. The topological polar surface area (TPSA) is 0 Å². The molecule has 0 aromatic heterocycles. The third-order valence-corrected chi connectivity index (χ3v) is 3.12. The lowest BCUT2D eigenvalue weighted by atomic mass is 10.0. The summed E-state index contributed by atoms with van der Waals surface area (Å²) in [5, 5.41) is 1.23. The first-order valence-corrected chi connectivity index (χ1v) is 6.32. The van der Waals surface area contributed by atoms with Gasteiger partial charge in [-0.25, -0.2) is 0 Å². The molecule has 0 saturated heterocycles. The van der Waals surface area contributed by atoms with Crippen LogP contribution in [0, 0.1) is 0 Å². The molecule has 0 fully saturated rings. The molecule has 16 heavy (non-hydrogen) atoms. The molecule has 0 nitrogen and oxygen atoms in total. The van der Waals surface area contributed by atoms with E-state index in [1.807, 2.05) is 0 Å². The number of hydrogen-bond donors (Lipinski definition) is 0. The standard InChI is InChI=1S/C15H17P/c1-2-3-12-4-6-13(7-5-12)14-8-10-15(16)11-9-14/h4-11H,2-3,16H2,1H3. The highest BCUT2D eigenvalue weighted by Crippen LogP contribution is 2.19. The molecule has 0 aliphatic carbocycles. The predicted octanol–water partition coefficient (Wildman–Crippen LogP) is 3.81. The van der Waals surface area contributed by atoms with E-state index >= 15 is 0 Å². The fraction of sp³-hybridized carbons (Fsp3) is 0.200. The van der Waals surface area contributed by atoms with Crippen LogP contribution in [-0.2, 0) is 6.42 Å². The van der Waals surface area contributed by atoms with Gasteiger partial charge < -0.3 is 0 Å². The van der Waals surface area contributed by atoms with Crippen LogP contribution in [0.3, 0.4) is 0 Å². The summed E-state index contributed by atoms with van der Waals surface area (Å²) in [6.07, 6.45) is 2.38. The van der Waals surface area contributed by atoms with Crippen LogP contribution in [0.2, 0.25) is 0 Å². The van der Waals surface area contributed by atoms with Gasteiger partial charge in [-0.1, -0.05) is 61.9 Å². The van der Waals surface area contributed by atoms with Crippen molar-refractivity contribution in [3.8, 4) is 11.1 Å². The van der Waals surface area contributed by atoms with Crippen molar-refractivity contribution in [1.82, 2.24) is 0 Å². The molecule has 82 valence electrons. The average molecular weight is 228 g/mol. The van der Waals surface area contributed by atoms with Gasteiger partial charge in [0.1, 0.15) is 0 Å². The summed E-state index contributed by atoms with van der Waals surface area (Å²) in [7, 11) is 2.71. The fourth-order valence-electron chi connectivity index (χ4n) is 1.83. The van der Waals surface area contributed by atoms with Crippen LogP contribution < -0.4 is 5.30 Å². The van der Waals surface area contributed by atoms with Crippen LogP contribution in [0.5, 0.6) is 0 Å². The van der Waals surface area contributed by atoms with Crippen molar-refractivity contribution in [3.05, 3.63) is 54.1 Å². The van der Waals surface area contributed by atoms with Gasteiger partial charge in [0.05, 0.1) is 0 Å². The molecule has 1 heteroatoms. The summed E-state index contributed by atoms with van der Waals surface area (Å²) in [4.78, 5) is 0. The first kappa shape index (κ1) is 11.4. The molecule has 1 atom stereocenters. The summed E-state index contributed by atoms with van der Waals surface area (Å²) >= 11 is 0. The second-order valence-electron chi connectivity index (χ2n) is 4.07. The number of rotatable bonds is 3. The Hall–Kier alpha value is -1.13. The molecular weight excluding hydrogens is 211 g/mol. The van der Waals surface area contributed by atoms with Crippen molar-refractivity contribution in [2.75, 3.05) is 0 Å². The first-order valence-electron chi connectivity index (χ1n) is 5.74.